The van der Waals surface area contributed by atoms with Gasteiger partial charge in [0, 0.05) is 19.1 Å². The molecule has 23 heavy (non-hydrogen) atoms. The van der Waals surface area contributed by atoms with Crippen LogP contribution in [0.5, 0.6) is 0 Å². The molecule has 0 saturated carbocycles. The van der Waals surface area contributed by atoms with Gasteiger partial charge < -0.3 is 10.2 Å². The Morgan fingerprint density at radius 3 is 2.48 bits per heavy atom. The van der Waals surface area contributed by atoms with E-state index in [9.17, 15) is 4.79 Å². The van der Waals surface area contributed by atoms with Crippen molar-refractivity contribution in [3.63, 3.8) is 0 Å². The van der Waals surface area contributed by atoms with Crippen molar-refractivity contribution in [2.75, 3.05) is 32.7 Å². The molecule has 1 saturated heterocycles. The van der Waals surface area contributed by atoms with E-state index in [2.05, 4.69) is 36.2 Å². The van der Waals surface area contributed by atoms with E-state index in [4.69, 9.17) is 0 Å². The van der Waals surface area contributed by atoms with E-state index in [1.165, 1.54) is 5.56 Å². The van der Waals surface area contributed by atoms with Gasteiger partial charge in [-0.2, -0.15) is 0 Å². The summed E-state index contributed by atoms with van der Waals surface area (Å²) in [7, 11) is 0. The first-order valence-electron chi connectivity index (χ1n) is 9.01. The molecular formula is C19H31N3O. The smallest absolute Gasteiger partial charge is 0.237 e. The van der Waals surface area contributed by atoms with E-state index in [1.807, 2.05) is 23.1 Å². The van der Waals surface area contributed by atoms with Crippen LogP contribution in [0.3, 0.4) is 0 Å². The van der Waals surface area contributed by atoms with E-state index in [-0.39, 0.29) is 5.91 Å². The Balaban J connectivity index is 1.94. The van der Waals surface area contributed by atoms with Gasteiger partial charge in [0.15, 0.2) is 0 Å². The highest BCUT2D eigenvalue weighted by atomic mass is 16.2. The first-order valence-corrected chi connectivity index (χ1v) is 9.01. The van der Waals surface area contributed by atoms with Crippen LogP contribution in [0.1, 0.15) is 38.7 Å². The van der Waals surface area contributed by atoms with Crippen LogP contribution in [0.4, 0.5) is 0 Å². The Morgan fingerprint density at radius 1 is 1.17 bits per heavy atom. The molecule has 2 rings (SSSR count). The normalized spacial score (nSPS) is 15.8. The zero-order valence-electron chi connectivity index (χ0n) is 14.6. The maximum atomic E-state index is 12.8. The highest BCUT2D eigenvalue weighted by Gasteiger charge is 2.24. The molecule has 1 aromatic carbocycles. The fourth-order valence-corrected chi connectivity index (χ4v) is 3.30. The number of rotatable bonds is 8. The third-order valence-corrected chi connectivity index (χ3v) is 4.62. The van der Waals surface area contributed by atoms with Crippen LogP contribution in [-0.4, -0.2) is 54.5 Å². The van der Waals surface area contributed by atoms with Crippen molar-refractivity contribution in [3.05, 3.63) is 35.9 Å². The summed E-state index contributed by atoms with van der Waals surface area (Å²) in [5, 5.41) is 3.41. The summed E-state index contributed by atoms with van der Waals surface area (Å²) in [5.74, 6) is 0.253. The van der Waals surface area contributed by atoms with Crippen molar-refractivity contribution in [1.82, 2.24) is 15.1 Å². The van der Waals surface area contributed by atoms with Gasteiger partial charge in [0.1, 0.15) is 0 Å². The summed E-state index contributed by atoms with van der Waals surface area (Å²) < 4.78 is 0. The van der Waals surface area contributed by atoms with Crippen LogP contribution in [0.25, 0.3) is 0 Å². The fraction of sp³-hybridized carbons (Fsp3) is 0.632. The van der Waals surface area contributed by atoms with E-state index in [1.54, 1.807) is 0 Å². The number of piperidine rings is 1. The molecule has 0 atom stereocenters. The maximum Gasteiger partial charge on any atom is 0.237 e. The molecule has 0 aromatic heterocycles. The summed E-state index contributed by atoms with van der Waals surface area (Å²) >= 11 is 0. The second-order valence-corrected chi connectivity index (χ2v) is 6.35. The number of nitrogens with zero attached hydrogens (tertiary/aromatic N) is 2. The quantitative estimate of drug-likeness (QED) is 0.800. The molecule has 0 unspecified atom stereocenters. The van der Waals surface area contributed by atoms with Crippen LogP contribution in [0.2, 0.25) is 0 Å². The van der Waals surface area contributed by atoms with Gasteiger partial charge in [-0.25, -0.2) is 0 Å². The van der Waals surface area contributed by atoms with Crippen molar-refractivity contribution in [3.8, 4) is 0 Å². The van der Waals surface area contributed by atoms with E-state index in [0.717, 1.165) is 45.4 Å². The number of carbonyl (C=O) groups excluding carboxylic acids is 1. The SMILES string of the molecule is CCCN(CC(=O)N(CC)Cc1ccccc1)C1CCNCC1. The average molecular weight is 317 g/mol. The Hall–Kier alpha value is -1.39. The summed E-state index contributed by atoms with van der Waals surface area (Å²) in [5.41, 5.74) is 1.20. The Bertz CT molecular complexity index is 457. The topological polar surface area (TPSA) is 35.6 Å². The summed E-state index contributed by atoms with van der Waals surface area (Å²) in [6.07, 6.45) is 3.40. The van der Waals surface area contributed by atoms with Crippen LogP contribution in [0.15, 0.2) is 30.3 Å². The van der Waals surface area contributed by atoms with Crippen LogP contribution < -0.4 is 5.32 Å². The van der Waals surface area contributed by atoms with Crippen molar-refractivity contribution in [2.24, 2.45) is 0 Å². The molecule has 4 heteroatoms. The average Bonchev–Trinajstić information content (AvgIpc) is 2.61. The van der Waals surface area contributed by atoms with Gasteiger partial charge in [0.25, 0.3) is 0 Å². The van der Waals surface area contributed by atoms with Gasteiger partial charge in [0.05, 0.1) is 6.54 Å². The van der Waals surface area contributed by atoms with Crippen LogP contribution >= 0.6 is 0 Å². The molecule has 1 aromatic rings. The Labute approximate surface area is 140 Å². The molecule has 1 fully saturated rings. The van der Waals surface area contributed by atoms with Gasteiger partial charge in [-0.15, -0.1) is 0 Å². The summed E-state index contributed by atoms with van der Waals surface area (Å²) in [6, 6.07) is 10.8. The summed E-state index contributed by atoms with van der Waals surface area (Å²) in [6.45, 7) is 9.44. The fourth-order valence-electron chi connectivity index (χ4n) is 3.30. The van der Waals surface area contributed by atoms with Crippen molar-refractivity contribution in [1.29, 1.82) is 0 Å². The minimum atomic E-state index is 0.253. The highest BCUT2D eigenvalue weighted by Crippen LogP contribution is 2.13. The number of amides is 1. The lowest BCUT2D eigenvalue weighted by molar-refractivity contribution is -0.133. The lowest BCUT2D eigenvalue weighted by Gasteiger charge is -2.35. The third kappa shape index (κ3) is 5.63. The van der Waals surface area contributed by atoms with Crippen molar-refractivity contribution < 1.29 is 4.79 Å². The largest absolute Gasteiger partial charge is 0.338 e. The van der Waals surface area contributed by atoms with Gasteiger partial charge in [-0.05, 0) is 51.4 Å². The third-order valence-electron chi connectivity index (χ3n) is 4.62. The van der Waals surface area contributed by atoms with Crippen LogP contribution in [0, 0.1) is 0 Å². The predicted octanol–water partition coefficient (Wildman–Crippen LogP) is 2.50. The molecule has 0 radical (unpaired) electrons. The predicted molar refractivity (Wildman–Crippen MR) is 95.3 cm³/mol. The second kappa shape index (κ2) is 9.68. The molecule has 0 aliphatic carbocycles. The van der Waals surface area contributed by atoms with Crippen LogP contribution in [-0.2, 0) is 11.3 Å². The monoisotopic (exact) mass is 317 g/mol. The second-order valence-electron chi connectivity index (χ2n) is 6.35. The molecule has 1 aliphatic heterocycles. The Kier molecular flexibility index (Phi) is 7.56. The molecular weight excluding hydrogens is 286 g/mol. The zero-order valence-corrected chi connectivity index (χ0v) is 14.6. The minimum absolute atomic E-state index is 0.253. The minimum Gasteiger partial charge on any atom is -0.338 e. The number of likely N-dealkylation sites (N-methyl/N-ethyl adjacent to an activating group) is 1. The van der Waals surface area contributed by atoms with Gasteiger partial charge in [-0.3, -0.25) is 9.69 Å². The van der Waals surface area contributed by atoms with E-state index < -0.39 is 0 Å². The molecule has 1 N–H and O–H groups in total. The van der Waals surface area contributed by atoms with Crippen molar-refractivity contribution in [2.45, 2.75) is 45.7 Å². The van der Waals surface area contributed by atoms with Crippen molar-refractivity contribution >= 4 is 5.91 Å². The number of benzene rings is 1. The van der Waals surface area contributed by atoms with E-state index in [0.29, 0.717) is 19.1 Å². The zero-order chi connectivity index (χ0) is 16.5. The van der Waals surface area contributed by atoms with Gasteiger partial charge in [-0.1, -0.05) is 37.3 Å². The van der Waals surface area contributed by atoms with Gasteiger partial charge in [0.2, 0.25) is 5.91 Å². The molecule has 1 heterocycles. The highest BCUT2D eigenvalue weighted by molar-refractivity contribution is 5.78. The Morgan fingerprint density at radius 2 is 1.87 bits per heavy atom. The molecule has 0 spiro atoms. The molecule has 0 bridgehead atoms. The standard InChI is InChI=1S/C19H31N3O/c1-3-14-22(18-10-12-20-13-11-18)16-19(23)21(4-2)15-17-8-6-5-7-9-17/h5-9,18,20H,3-4,10-16H2,1-2H3. The number of carbonyl (C=O) groups is 1. The van der Waals surface area contributed by atoms with E-state index >= 15 is 0 Å². The molecule has 1 aliphatic rings. The number of hydrogen-bond donors (Lipinski definition) is 1. The lowest BCUT2D eigenvalue weighted by atomic mass is 10.0. The molecule has 1 amide bonds. The maximum absolute atomic E-state index is 12.8. The number of hydrogen-bond acceptors (Lipinski definition) is 3. The first kappa shape index (κ1) is 18.0. The molecule has 4 nitrogen and oxygen atoms in total. The van der Waals surface area contributed by atoms with Gasteiger partial charge >= 0.3 is 0 Å². The lowest BCUT2D eigenvalue weighted by Crippen LogP contribution is -2.48. The summed E-state index contributed by atoms with van der Waals surface area (Å²) in [4.78, 5) is 17.1. The number of nitrogens with one attached hydrogen (secondary N) is 1. The molecule has 128 valence electrons. The first-order chi connectivity index (χ1) is 11.2.